The molecule has 1 N–H and O–H groups in total. The number of aromatic nitrogens is 3. The quantitative estimate of drug-likeness (QED) is 0.811. The van der Waals surface area contributed by atoms with Gasteiger partial charge in [-0.25, -0.2) is 9.97 Å². The molecule has 0 amide bonds. The molecule has 82 valence electrons. The molecule has 0 saturated carbocycles. The summed E-state index contributed by atoms with van der Waals surface area (Å²) < 4.78 is 0. The minimum Gasteiger partial charge on any atom is -0.307 e. The van der Waals surface area contributed by atoms with Crippen molar-refractivity contribution in [2.45, 2.75) is 13.3 Å². The summed E-state index contributed by atoms with van der Waals surface area (Å²) in [6.07, 6.45) is 2.30. The highest BCUT2D eigenvalue weighted by atomic mass is 35.5. The number of nitrogens with zero attached hydrogens (tertiary/aromatic N) is 2. The maximum atomic E-state index is 11.4. The minimum absolute atomic E-state index is 0.158. The predicted octanol–water partition coefficient (Wildman–Crippen LogP) is 2.05. The molecule has 5 heteroatoms. The molecule has 0 atom stereocenters. The van der Waals surface area contributed by atoms with E-state index in [0.717, 1.165) is 17.7 Å². The van der Waals surface area contributed by atoms with Gasteiger partial charge in [0.15, 0.2) is 0 Å². The van der Waals surface area contributed by atoms with Crippen molar-refractivity contribution in [1.29, 1.82) is 0 Å². The van der Waals surface area contributed by atoms with E-state index in [9.17, 15) is 4.79 Å². The zero-order valence-corrected chi connectivity index (χ0v) is 9.45. The van der Waals surface area contributed by atoms with Crippen LogP contribution in [0, 0.1) is 0 Å². The van der Waals surface area contributed by atoms with E-state index in [0.29, 0.717) is 11.0 Å². The first-order valence-electron chi connectivity index (χ1n) is 4.91. The van der Waals surface area contributed by atoms with Gasteiger partial charge in [-0.3, -0.25) is 4.79 Å². The summed E-state index contributed by atoms with van der Waals surface area (Å²) >= 11 is 5.78. The van der Waals surface area contributed by atoms with Gasteiger partial charge in [0.25, 0.3) is 5.56 Å². The van der Waals surface area contributed by atoms with Crippen molar-refractivity contribution < 1.29 is 0 Å². The molecule has 2 aromatic heterocycles. The fourth-order valence-electron chi connectivity index (χ4n) is 1.38. The predicted molar refractivity (Wildman–Crippen MR) is 62.5 cm³/mol. The van der Waals surface area contributed by atoms with Crippen molar-refractivity contribution in [1.82, 2.24) is 15.0 Å². The van der Waals surface area contributed by atoms with Crippen molar-refractivity contribution in [3.8, 4) is 11.4 Å². The molecule has 2 heterocycles. The van der Waals surface area contributed by atoms with E-state index in [-0.39, 0.29) is 5.56 Å². The monoisotopic (exact) mass is 235 g/mol. The van der Waals surface area contributed by atoms with Crippen LogP contribution in [0.1, 0.15) is 12.6 Å². The maximum Gasteiger partial charge on any atom is 0.251 e. The molecule has 0 saturated heterocycles. The molecule has 4 nitrogen and oxygen atoms in total. The molecule has 0 aliphatic carbocycles. The molecule has 0 aliphatic rings. The highest BCUT2D eigenvalue weighted by molar-refractivity contribution is 6.29. The molecule has 0 fully saturated rings. The number of rotatable bonds is 2. The Morgan fingerprint density at radius 1 is 1.44 bits per heavy atom. The van der Waals surface area contributed by atoms with Crippen LogP contribution in [0.2, 0.25) is 5.15 Å². The van der Waals surface area contributed by atoms with Gasteiger partial charge in [0.2, 0.25) is 0 Å². The summed E-state index contributed by atoms with van der Waals surface area (Å²) in [6, 6.07) is 4.91. The summed E-state index contributed by atoms with van der Waals surface area (Å²) in [7, 11) is 0. The van der Waals surface area contributed by atoms with Gasteiger partial charge in [0.1, 0.15) is 11.0 Å². The maximum absolute atomic E-state index is 11.4. The Bertz CT molecular complexity index is 565. The highest BCUT2D eigenvalue weighted by Crippen LogP contribution is 2.16. The Morgan fingerprint density at radius 3 is 2.94 bits per heavy atom. The fraction of sp³-hybridized carbons (Fsp3) is 0.182. The lowest BCUT2D eigenvalue weighted by Crippen LogP contribution is -2.09. The van der Waals surface area contributed by atoms with Crippen LogP contribution in [-0.2, 0) is 6.42 Å². The first-order chi connectivity index (χ1) is 7.69. The number of halogens is 1. The van der Waals surface area contributed by atoms with Crippen LogP contribution < -0.4 is 5.56 Å². The number of nitrogens with one attached hydrogen (secondary N) is 1. The van der Waals surface area contributed by atoms with Crippen LogP contribution in [0.25, 0.3) is 11.4 Å². The van der Waals surface area contributed by atoms with Crippen molar-refractivity contribution in [2.24, 2.45) is 0 Å². The second-order valence-electron chi connectivity index (χ2n) is 3.31. The molecule has 0 aromatic carbocycles. The molecule has 2 aromatic rings. The van der Waals surface area contributed by atoms with Gasteiger partial charge >= 0.3 is 0 Å². The van der Waals surface area contributed by atoms with Gasteiger partial charge in [0, 0.05) is 23.5 Å². The van der Waals surface area contributed by atoms with Crippen LogP contribution in [0.15, 0.2) is 29.2 Å². The Kier molecular flexibility index (Phi) is 3.01. The molecule has 0 bridgehead atoms. The normalized spacial score (nSPS) is 10.4. The van der Waals surface area contributed by atoms with E-state index in [4.69, 9.17) is 11.6 Å². The van der Waals surface area contributed by atoms with Crippen LogP contribution in [-0.4, -0.2) is 15.0 Å². The third-order valence-electron chi connectivity index (χ3n) is 2.16. The van der Waals surface area contributed by atoms with E-state index in [1.807, 2.05) is 6.92 Å². The molecular weight excluding hydrogens is 226 g/mol. The van der Waals surface area contributed by atoms with E-state index < -0.39 is 0 Å². The van der Waals surface area contributed by atoms with Gasteiger partial charge in [-0.2, -0.15) is 0 Å². The van der Waals surface area contributed by atoms with Crippen molar-refractivity contribution in [3.05, 3.63) is 45.6 Å². The zero-order valence-electron chi connectivity index (χ0n) is 8.70. The second kappa shape index (κ2) is 4.45. The largest absolute Gasteiger partial charge is 0.307 e. The van der Waals surface area contributed by atoms with Gasteiger partial charge in [-0.15, -0.1) is 0 Å². The topological polar surface area (TPSA) is 58.6 Å². The minimum atomic E-state index is -0.158. The lowest BCUT2D eigenvalue weighted by Gasteiger charge is -2.02. The number of hydrogen-bond acceptors (Lipinski definition) is 3. The molecule has 0 radical (unpaired) electrons. The second-order valence-corrected chi connectivity index (χ2v) is 3.69. The van der Waals surface area contributed by atoms with Crippen molar-refractivity contribution in [3.63, 3.8) is 0 Å². The molecule has 0 spiro atoms. The van der Waals surface area contributed by atoms with Gasteiger partial charge in [-0.05, 0) is 18.6 Å². The number of pyridine rings is 1. The SMILES string of the molecule is CCc1cc(=O)[nH]c(-c2ccnc(Cl)c2)n1. The zero-order chi connectivity index (χ0) is 11.5. The molecule has 0 aliphatic heterocycles. The van der Waals surface area contributed by atoms with Gasteiger partial charge in [-0.1, -0.05) is 18.5 Å². The summed E-state index contributed by atoms with van der Waals surface area (Å²) in [5, 5.41) is 0.377. The third kappa shape index (κ3) is 2.28. The van der Waals surface area contributed by atoms with E-state index in [2.05, 4.69) is 15.0 Å². The fourth-order valence-corrected chi connectivity index (χ4v) is 1.55. The number of hydrogen-bond donors (Lipinski definition) is 1. The van der Waals surface area contributed by atoms with Crippen LogP contribution in [0.5, 0.6) is 0 Å². The number of aromatic amines is 1. The lowest BCUT2D eigenvalue weighted by molar-refractivity contribution is 0.986. The first-order valence-corrected chi connectivity index (χ1v) is 5.29. The Hall–Kier alpha value is -1.68. The lowest BCUT2D eigenvalue weighted by atomic mass is 10.2. The average molecular weight is 236 g/mol. The van der Waals surface area contributed by atoms with E-state index >= 15 is 0 Å². The Morgan fingerprint density at radius 2 is 2.25 bits per heavy atom. The number of H-pyrrole nitrogens is 1. The number of aryl methyl sites for hydroxylation is 1. The molecular formula is C11H10ClN3O. The summed E-state index contributed by atoms with van der Waals surface area (Å²) in [5.41, 5.74) is 1.36. The Labute approximate surface area is 97.3 Å². The first kappa shape index (κ1) is 10.8. The molecule has 2 rings (SSSR count). The standard InChI is InChI=1S/C11H10ClN3O/c1-2-8-6-10(16)15-11(14-8)7-3-4-13-9(12)5-7/h3-6H,2H2,1H3,(H,14,15,16). The smallest absolute Gasteiger partial charge is 0.251 e. The van der Waals surface area contributed by atoms with E-state index in [1.165, 1.54) is 6.07 Å². The summed E-state index contributed by atoms with van der Waals surface area (Å²) in [4.78, 5) is 22.3. The van der Waals surface area contributed by atoms with Crippen molar-refractivity contribution in [2.75, 3.05) is 0 Å². The molecule has 0 unspecified atom stereocenters. The highest BCUT2D eigenvalue weighted by Gasteiger charge is 2.03. The van der Waals surface area contributed by atoms with E-state index in [1.54, 1.807) is 18.3 Å². The third-order valence-corrected chi connectivity index (χ3v) is 2.36. The van der Waals surface area contributed by atoms with Gasteiger partial charge in [0.05, 0.1) is 0 Å². The Balaban J connectivity index is 2.55. The van der Waals surface area contributed by atoms with Crippen molar-refractivity contribution >= 4 is 11.6 Å². The molecule has 16 heavy (non-hydrogen) atoms. The average Bonchev–Trinajstić information content (AvgIpc) is 2.28. The van der Waals surface area contributed by atoms with Crippen LogP contribution in [0.4, 0.5) is 0 Å². The van der Waals surface area contributed by atoms with Gasteiger partial charge < -0.3 is 4.98 Å². The van der Waals surface area contributed by atoms with Crippen LogP contribution in [0.3, 0.4) is 0 Å². The van der Waals surface area contributed by atoms with Crippen LogP contribution >= 0.6 is 11.6 Å². The summed E-state index contributed by atoms with van der Waals surface area (Å²) in [5.74, 6) is 0.522. The summed E-state index contributed by atoms with van der Waals surface area (Å²) in [6.45, 7) is 1.95.